The summed E-state index contributed by atoms with van der Waals surface area (Å²) < 4.78 is 11.4. The van der Waals surface area contributed by atoms with E-state index in [-0.39, 0.29) is 12.1 Å². The maximum atomic E-state index is 6.32. The van der Waals surface area contributed by atoms with Crippen LogP contribution in [0.25, 0.3) is 0 Å². The first kappa shape index (κ1) is 14.4. The van der Waals surface area contributed by atoms with Crippen LogP contribution < -0.4 is 15.2 Å². The fourth-order valence-corrected chi connectivity index (χ4v) is 2.18. The van der Waals surface area contributed by atoms with Crippen LogP contribution in [0.15, 0.2) is 54.6 Å². The number of nitrogens with two attached hydrogens (primary N) is 1. The molecular formula is C17H21NO2. The van der Waals surface area contributed by atoms with Crippen LogP contribution in [0.1, 0.15) is 24.9 Å². The standard InChI is InChI=1S/C17H21NO2/c1-3-14(17(18)13-9-5-4-6-10-13)20-16-12-8-7-11-15(16)19-2/h4-12,14,17H,3,18H2,1-2H3. The molecule has 0 saturated heterocycles. The fourth-order valence-electron chi connectivity index (χ4n) is 2.18. The molecule has 0 spiro atoms. The van der Waals surface area contributed by atoms with Crippen molar-refractivity contribution >= 4 is 0 Å². The van der Waals surface area contributed by atoms with Crippen LogP contribution in [-0.2, 0) is 0 Å². The lowest BCUT2D eigenvalue weighted by atomic mass is 10.0. The van der Waals surface area contributed by atoms with Crippen LogP contribution in [0, 0.1) is 0 Å². The second-order valence-electron chi connectivity index (χ2n) is 4.65. The highest BCUT2D eigenvalue weighted by atomic mass is 16.5. The van der Waals surface area contributed by atoms with Gasteiger partial charge in [-0.25, -0.2) is 0 Å². The number of rotatable bonds is 6. The van der Waals surface area contributed by atoms with Gasteiger partial charge in [0.15, 0.2) is 11.5 Å². The average molecular weight is 271 g/mol. The molecule has 2 N–H and O–H groups in total. The Morgan fingerprint density at radius 3 is 2.15 bits per heavy atom. The third-order valence-corrected chi connectivity index (χ3v) is 3.33. The van der Waals surface area contributed by atoms with Gasteiger partial charge in [-0.05, 0) is 24.1 Å². The van der Waals surface area contributed by atoms with Gasteiger partial charge in [0.05, 0.1) is 13.2 Å². The lowest BCUT2D eigenvalue weighted by Crippen LogP contribution is -2.31. The monoisotopic (exact) mass is 271 g/mol. The van der Waals surface area contributed by atoms with E-state index in [0.717, 1.165) is 23.5 Å². The van der Waals surface area contributed by atoms with Crippen molar-refractivity contribution < 1.29 is 9.47 Å². The van der Waals surface area contributed by atoms with E-state index in [2.05, 4.69) is 6.92 Å². The zero-order valence-corrected chi connectivity index (χ0v) is 12.0. The molecule has 20 heavy (non-hydrogen) atoms. The van der Waals surface area contributed by atoms with E-state index in [1.807, 2.05) is 54.6 Å². The van der Waals surface area contributed by atoms with Gasteiger partial charge in [0.1, 0.15) is 6.10 Å². The highest BCUT2D eigenvalue weighted by Crippen LogP contribution is 2.30. The third-order valence-electron chi connectivity index (χ3n) is 3.33. The Kier molecular flexibility index (Phi) is 5.02. The molecule has 106 valence electrons. The smallest absolute Gasteiger partial charge is 0.161 e. The SMILES string of the molecule is CCC(Oc1ccccc1OC)C(N)c1ccccc1. The van der Waals surface area contributed by atoms with Gasteiger partial charge in [-0.3, -0.25) is 0 Å². The van der Waals surface area contributed by atoms with E-state index in [1.54, 1.807) is 7.11 Å². The molecule has 0 amide bonds. The molecular weight excluding hydrogens is 250 g/mol. The summed E-state index contributed by atoms with van der Waals surface area (Å²) in [5.74, 6) is 1.46. The molecule has 3 nitrogen and oxygen atoms in total. The number of hydrogen-bond donors (Lipinski definition) is 1. The normalized spacial score (nSPS) is 13.6. The molecule has 0 heterocycles. The fraction of sp³-hybridized carbons (Fsp3) is 0.294. The number of hydrogen-bond acceptors (Lipinski definition) is 3. The Hall–Kier alpha value is -2.00. The van der Waals surface area contributed by atoms with Crippen molar-refractivity contribution in [1.29, 1.82) is 0 Å². The summed E-state index contributed by atoms with van der Waals surface area (Å²) in [6.45, 7) is 2.07. The summed E-state index contributed by atoms with van der Waals surface area (Å²) in [4.78, 5) is 0. The first-order chi connectivity index (χ1) is 9.76. The maximum absolute atomic E-state index is 6.32. The van der Waals surface area contributed by atoms with Crippen LogP contribution >= 0.6 is 0 Å². The molecule has 2 aromatic carbocycles. The summed E-state index contributed by atoms with van der Waals surface area (Å²) in [5.41, 5.74) is 7.40. The molecule has 0 aliphatic carbocycles. The molecule has 3 heteroatoms. The van der Waals surface area contributed by atoms with Crippen molar-refractivity contribution in [3.63, 3.8) is 0 Å². The van der Waals surface area contributed by atoms with Gasteiger partial charge in [-0.1, -0.05) is 49.4 Å². The summed E-state index contributed by atoms with van der Waals surface area (Å²) in [5, 5.41) is 0. The quantitative estimate of drug-likeness (QED) is 0.873. The van der Waals surface area contributed by atoms with Gasteiger partial charge in [-0.15, -0.1) is 0 Å². The van der Waals surface area contributed by atoms with E-state index in [0.29, 0.717) is 0 Å². The topological polar surface area (TPSA) is 44.5 Å². The zero-order valence-electron chi connectivity index (χ0n) is 12.0. The van der Waals surface area contributed by atoms with Gasteiger partial charge in [0.2, 0.25) is 0 Å². The van der Waals surface area contributed by atoms with Gasteiger partial charge in [-0.2, -0.15) is 0 Å². The van der Waals surface area contributed by atoms with E-state index < -0.39 is 0 Å². The van der Waals surface area contributed by atoms with Gasteiger partial charge in [0.25, 0.3) is 0 Å². The van der Waals surface area contributed by atoms with Crippen LogP contribution in [0.4, 0.5) is 0 Å². The van der Waals surface area contributed by atoms with Crippen molar-refractivity contribution in [3.05, 3.63) is 60.2 Å². The van der Waals surface area contributed by atoms with Crippen molar-refractivity contribution in [3.8, 4) is 11.5 Å². The Morgan fingerprint density at radius 2 is 1.55 bits per heavy atom. The first-order valence-electron chi connectivity index (χ1n) is 6.86. The molecule has 0 aliphatic heterocycles. The molecule has 0 saturated carbocycles. The second-order valence-corrected chi connectivity index (χ2v) is 4.65. The van der Waals surface area contributed by atoms with E-state index in [1.165, 1.54) is 0 Å². The molecule has 0 aliphatic rings. The number of ether oxygens (including phenoxy) is 2. The minimum Gasteiger partial charge on any atom is -0.493 e. The average Bonchev–Trinajstić information content (AvgIpc) is 2.53. The number of para-hydroxylation sites is 2. The summed E-state index contributed by atoms with van der Waals surface area (Å²) >= 11 is 0. The van der Waals surface area contributed by atoms with Crippen molar-refractivity contribution in [1.82, 2.24) is 0 Å². The lowest BCUT2D eigenvalue weighted by molar-refractivity contribution is 0.160. The molecule has 0 fully saturated rings. The lowest BCUT2D eigenvalue weighted by Gasteiger charge is -2.25. The molecule has 2 rings (SSSR count). The van der Waals surface area contributed by atoms with Crippen molar-refractivity contribution in [2.45, 2.75) is 25.5 Å². The Balaban J connectivity index is 2.17. The third kappa shape index (κ3) is 3.31. The van der Waals surface area contributed by atoms with Gasteiger partial charge < -0.3 is 15.2 Å². The second kappa shape index (κ2) is 6.96. The summed E-state index contributed by atoms with van der Waals surface area (Å²) in [6, 6.07) is 17.5. The Morgan fingerprint density at radius 1 is 0.950 bits per heavy atom. The minimum atomic E-state index is -0.161. The largest absolute Gasteiger partial charge is 0.493 e. The highest BCUT2D eigenvalue weighted by molar-refractivity contribution is 5.39. The minimum absolute atomic E-state index is 0.0892. The zero-order chi connectivity index (χ0) is 14.4. The molecule has 2 unspecified atom stereocenters. The van der Waals surface area contributed by atoms with Crippen LogP contribution in [0.5, 0.6) is 11.5 Å². The highest BCUT2D eigenvalue weighted by Gasteiger charge is 2.20. The summed E-state index contributed by atoms with van der Waals surface area (Å²) in [6.07, 6.45) is 0.738. The van der Waals surface area contributed by atoms with Gasteiger partial charge in [0, 0.05) is 0 Å². The summed E-state index contributed by atoms with van der Waals surface area (Å²) in [7, 11) is 1.64. The van der Waals surface area contributed by atoms with E-state index >= 15 is 0 Å². The van der Waals surface area contributed by atoms with E-state index in [4.69, 9.17) is 15.2 Å². The molecule has 0 bridgehead atoms. The maximum Gasteiger partial charge on any atom is 0.161 e. The Labute approximate surface area is 120 Å². The number of methoxy groups -OCH3 is 1. The molecule has 0 radical (unpaired) electrons. The van der Waals surface area contributed by atoms with Gasteiger partial charge >= 0.3 is 0 Å². The van der Waals surface area contributed by atoms with Crippen LogP contribution in [-0.4, -0.2) is 13.2 Å². The predicted molar refractivity (Wildman–Crippen MR) is 81.1 cm³/mol. The van der Waals surface area contributed by atoms with Crippen LogP contribution in [0.2, 0.25) is 0 Å². The van der Waals surface area contributed by atoms with Crippen LogP contribution in [0.3, 0.4) is 0 Å². The van der Waals surface area contributed by atoms with Crippen molar-refractivity contribution in [2.24, 2.45) is 5.73 Å². The molecule has 2 atom stereocenters. The van der Waals surface area contributed by atoms with Crippen molar-refractivity contribution in [2.75, 3.05) is 7.11 Å². The first-order valence-corrected chi connectivity index (χ1v) is 6.86. The molecule has 2 aromatic rings. The Bertz CT molecular complexity index is 528. The molecule has 0 aromatic heterocycles. The van der Waals surface area contributed by atoms with E-state index in [9.17, 15) is 0 Å². The predicted octanol–water partition coefficient (Wildman–Crippen LogP) is 3.55. The number of benzene rings is 2.